The van der Waals surface area contributed by atoms with Crippen molar-refractivity contribution in [3.8, 4) is 11.5 Å². The summed E-state index contributed by atoms with van der Waals surface area (Å²) in [5.74, 6) is 4.30. The van der Waals surface area contributed by atoms with Gasteiger partial charge in [0.2, 0.25) is 0 Å². The van der Waals surface area contributed by atoms with Crippen molar-refractivity contribution < 1.29 is 9.47 Å². The van der Waals surface area contributed by atoms with Gasteiger partial charge in [-0.2, -0.15) is 0 Å². The van der Waals surface area contributed by atoms with Crippen LogP contribution in [0.15, 0.2) is 58.6 Å². The molecule has 148 valence electrons. The van der Waals surface area contributed by atoms with Crippen molar-refractivity contribution in [3.05, 3.63) is 59.9 Å². The zero-order valence-electron chi connectivity index (χ0n) is 16.4. The van der Waals surface area contributed by atoms with Crippen molar-refractivity contribution in [2.75, 3.05) is 19.5 Å². The van der Waals surface area contributed by atoms with Crippen molar-refractivity contribution in [1.29, 1.82) is 0 Å². The van der Waals surface area contributed by atoms with E-state index in [0.29, 0.717) is 6.61 Å². The van der Waals surface area contributed by atoms with Crippen molar-refractivity contribution in [1.82, 2.24) is 14.8 Å². The highest BCUT2D eigenvalue weighted by molar-refractivity contribution is 7.99. The average Bonchev–Trinajstić information content (AvgIpc) is 3.13. The Hall–Kier alpha value is -2.12. The third kappa shape index (κ3) is 5.69. The lowest BCUT2D eigenvalue weighted by Crippen LogP contribution is -2.04. The van der Waals surface area contributed by atoms with Gasteiger partial charge in [0.05, 0.1) is 19.5 Å². The molecule has 0 N–H and O–H groups in total. The van der Waals surface area contributed by atoms with Gasteiger partial charge in [-0.05, 0) is 50.2 Å². The Balaban J connectivity index is 1.49. The van der Waals surface area contributed by atoms with E-state index in [9.17, 15) is 0 Å². The number of hydrogen-bond donors (Lipinski definition) is 0. The smallest absolute Gasteiger partial charge is 0.191 e. The molecule has 0 saturated carbocycles. The number of methoxy groups -OCH3 is 1. The second-order valence-electron chi connectivity index (χ2n) is 6.12. The molecule has 0 unspecified atom stereocenters. The number of ether oxygens (including phenoxy) is 2. The molecule has 0 aliphatic heterocycles. The topological polar surface area (TPSA) is 49.2 Å². The number of thioether (sulfide) groups is 2. The molecule has 0 amide bonds. The summed E-state index contributed by atoms with van der Waals surface area (Å²) in [6.07, 6.45) is 0. The number of aryl methyl sites for hydroxylation is 1. The van der Waals surface area contributed by atoms with Gasteiger partial charge < -0.3 is 14.0 Å². The molecule has 3 rings (SSSR count). The van der Waals surface area contributed by atoms with Crippen LogP contribution in [-0.2, 0) is 12.3 Å². The zero-order chi connectivity index (χ0) is 19.8. The molecule has 0 bridgehead atoms. The predicted molar refractivity (Wildman–Crippen MR) is 116 cm³/mol. The van der Waals surface area contributed by atoms with E-state index in [4.69, 9.17) is 9.47 Å². The lowest BCUT2D eigenvalue weighted by molar-refractivity contribution is 0.342. The molecule has 0 atom stereocenters. The Morgan fingerprint density at radius 1 is 0.929 bits per heavy atom. The summed E-state index contributed by atoms with van der Waals surface area (Å²) in [7, 11) is 1.66. The third-order valence-electron chi connectivity index (χ3n) is 4.14. The molecule has 5 nitrogen and oxygen atoms in total. The summed E-state index contributed by atoms with van der Waals surface area (Å²) >= 11 is 3.46. The largest absolute Gasteiger partial charge is 0.497 e. The van der Waals surface area contributed by atoms with Crippen molar-refractivity contribution in [2.24, 2.45) is 0 Å². The quantitative estimate of drug-likeness (QED) is 0.340. The van der Waals surface area contributed by atoms with E-state index in [-0.39, 0.29) is 0 Å². The molecule has 3 aromatic rings. The van der Waals surface area contributed by atoms with E-state index in [1.54, 1.807) is 30.6 Å². The molecular formula is C21H25N3O2S2. The van der Waals surface area contributed by atoms with E-state index in [1.807, 2.05) is 24.3 Å². The maximum absolute atomic E-state index is 5.78. The van der Waals surface area contributed by atoms with Crippen LogP contribution in [0.3, 0.4) is 0 Å². The average molecular weight is 416 g/mol. The Labute approximate surface area is 174 Å². The standard InChI is InChI=1S/C21H25N3O2S2/c1-4-24-20(15-28-19-11-5-16(2)6-12-19)22-23-21(24)27-14-13-26-18-9-7-17(25-3)8-10-18/h5-12H,4,13-15H2,1-3H3. The van der Waals surface area contributed by atoms with Crippen LogP contribution in [0.4, 0.5) is 0 Å². The minimum atomic E-state index is 0.612. The molecule has 1 heterocycles. The minimum absolute atomic E-state index is 0.612. The molecule has 0 spiro atoms. The summed E-state index contributed by atoms with van der Waals surface area (Å²) in [6.45, 7) is 5.70. The molecule has 2 aromatic carbocycles. The van der Waals surface area contributed by atoms with E-state index >= 15 is 0 Å². The second kappa shape index (κ2) is 10.4. The predicted octanol–water partition coefficient (Wildman–Crippen LogP) is 5.08. The van der Waals surface area contributed by atoms with E-state index in [0.717, 1.165) is 40.5 Å². The molecule has 7 heteroatoms. The first kappa shape index (κ1) is 20.6. The molecule has 0 radical (unpaired) electrons. The fourth-order valence-electron chi connectivity index (χ4n) is 2.60. The molecule has 0 aliphatic carbocycles. The highest BCUT2D eigenvalue weighted by Crippen LogP contribution is 2.25. The van der Waals surface area contributed by atoms with Crippen LogP contribution >= 0.6 is 23.5 Å². The number of aromatic nitrogens is 3. The first-order chi connectivity index (χ1) is 13.7. The van der Waals surface area contributed by atoms with E-state index in [2.05, 4.69) is 52.9 Å². The molecule has 1 aromatic heterocycles. The van der Waals surface area contributed by atoms with Crippen LogP contribution in [0.25, 0.3) is 0 Å². The van der Waals surface area contributed by atoms with E-state index in [1.165, 1.54) is 10.5 Å². The van der Waals surface area contributed by atoms with Crippen molar-refractivity contribution in [2.45, 2.75) is 36.2 Å². The second-order valence-corrected chi connectivity index (χ2v) is 8.23. The maximum Gasteiger partial charge on any atom is 0.191 e. The molecule has 0 aliphatic rings. The number of nitrogens with zero attached hydrogens (tertiary/aromatic N) is 3. The van der Waals surface area contributed by atoms with Gasteiger partial charge in [0.15, 0.2) is 5.16 Å². The maximum atomic E-state index is 5.78. The number of rotatable bonds is 10. The molecule has 0 fully saturated rings. The zero-order valence-corrected chi connectivity index (χ0v) is 18.1. The van der Waals surface area contributed by atoms with Gasteiger partial charge in [-0.1, -0.05) is 29.5 Å². The fraction of sp³-hybridized carbons (Fsp3) is 0.333. The molecular weight excluding hydrogens is 390 g/mol. The highest BCUT2D eigenvalue weighted by atomic mass is 32.2. The van der Waals surface area contributed by atoms with Crippen LogP contribution in [-0.4, -0.2) is 34.2 Å². The van der Waals surface area contributed by atoms with Gasteiger partial charge in [0, 0.05) is 17.2 Å². The monoisotopic (exact) mass is 415 g/mol. The normalized spacial score (nSPS) is 10.8. The summed E-state index contributed by atoms with van der Waals surface area (Å²) < 4.78 is 13.1. The fourth-order valence-corrected chi connectivity index (χ4v) is 4.27. The third-order valence-corrected chi connectivity index (χ3v) is 6.08. The van der Waals surface area contributed by atoms with Gasteiger partial charge >= 0.3 is 0 Å². The first-order valence-electron chi connectivity index (χ1n) is 9.20. The Bertz CT molecular complexity index is 864. The lowest BCUT2D eigenvalue weighted by atomic mass is 10.2. The van der Waals surface area contributed by atoms with Gasteiger partial charge in [0.1, 0.15) is 17.3 Å². The lowest BCUT2D eigenvalue weighted by Gasteiger charge is -2.09. The molecule has 0 saturated heterocycles. The van der Waals surface area contributed by atoms with Gasteiger partial charge in [-0.15, -0.1) is 22.0 Å². The van der Waals surface area contributed by atoms with Crippen molar-refractivity contribution >= 4 is 23.5 Å². The van der Waals surface area contributed by atoms with Gasteiger partial charge in [-0.25, -0.2) is 0 Å². The Morgan fingerprint density at radius 3 is 2.32 bits per heavy atom. The first-order valence-corrected chi connectivity index (χ1v) is 11.2. The summed E-state index contributed by atoms with van der Waals surface area (Å²) in [5.41, 5.74) is 1.27. The Kier molecular flexibility index (Phi) is 7.68. The van der Waals surface area contributed by atoms with Crippen LogP contribution in [0.2, 0.25) is 0 Å². The summed E-state index contributed by atoms with van der Waals surface area (Å²) in [5, 5.41) is 9.71. The number of hydrogen-bond acceptors (Lipinski definition) is 6. The van der Waals surface area contributed by atoms with Crippen LogP contribution in [0.5, 0.6) is 11.5 Å². The highest BCUT2D eigenvalue weighted by Gasteiger charge is 2.11. The Morgan fingerprint density at radius 2 is 1.64 bits per heavy atom. The van der Waals surface area contributed by atoms with Crippen LogP contribution in [0.1, 0.15) is 18.3 Å². The van der Waals surface area contributed by atoms with Gasteiger partial charge in [-0.3, -0.25) is 0 Å². The SMILES string of the molecule is CCn1c(CSc2ccc(C)cc2)nnc1SCCOc1ccc(OC)cc1. The number of benzene rings is 2. The minimum Gasteiger partial charge on any atom is -0.497 e. The summed E-state index contributed by atoms with van der Waals surface area (Å²) in [6, 6.07) is 16.2. The van der Waals surface area contributed by atoms with Gasteiger partial charge in [0.25, 0.3) is 0 Å². The van der Waals surface area contributed by atoms with Crippen molar-refractivity contribution in [3.63, 3.8) is 0 Å². The van der Waals surface area contributed by atoms with E-state index < -0.39 is 0 Å². The van der Waals surface area contributed by atoms with Crippen LogP contribution < -0.4 is 9.47 Å². The summed E-state index contributed by atoms with van der Waals surface area (Å²) in [4.78, 5) is 1.25. The van der Waals surface area contributed by atoms with Crippen LogP contribution in [0, 0.1) is 6.92 Å². The molecule has 28 heavy (non-hydrogen) atoms.